The fourth-order valence-corrected chi connectivity index (χ4v) is 2.96. The summed E-state index contributed by atoms with van der Waals surface area (Å²) in [6.07, 6.45) is 5.86. The molecule has 0 aromatic carbocycles. The molecule has 1 N–H and O–H groups in total. The first-order valence-corrected chi connectivity index (χ1v) is 6.87. The fraction of sp³-hybridized carbons (Fsp3) is 0.375. The zero-order valence-corrected chi connectivity index (χ0v) is 11.1. The van der Waals surface area contributed by atoms with Gasteiger partial charge in [0.1, 0.15) is 6.10 Å². The summed E-state index contributed by atoms with van der Waals surface area (Å²) in [5.74, 6) is 0.0800. The molecular weight excluding hydrogens is 236 g/mol. The molecule has 0 spiro atoms. The molecule has 19 heavy (non-hydrogen) atoms. The number of aromatic nitrogens is 2. The Labute approximate surface area is 113 Å². The fourth-order valence-electron chi connectivity index (χ4n) is 2.96. The molecular formula is C16H18N2O. The maximum atomic E-state index is 10.7. The van der Waals surface area contributed by atoms with E-state index < -0.39 is 6.10 Å². The molecule has 0 aliphatic heterocycles. The molecule has 98 valence electrons. The van der Waals surface area contributed by atoms with Crippen molar-refractivity contribution in [3.63, 3.8) is 0 Å². The van der Waals surface area contributed by atoms with Crippen LogP contribution in [0.2, 0.25) is 0 Å². The van der Waals surface area contributed by atoms with Gasteiger partial charge in [0, 0.05) is 24.0 Å². The minimum absolute atomic E-state index is 0.0800. The maximum Gasteiger partial charge on any atom is 0.105 e. The highest BCUT2D eigenvalue weighted by Crippen LogP contribution is 2.40. The SMILES string of the molecule is CCc1cccnc1C(O)C1CCc2cccnc21. The van der Waals surface area contributed by atoms with Gasteiger partial charge in [0.2, 0.25) is 0 Å². The zero-order valence-electron chi connectivity index (χ0n) is 11.1. The van der Waals surface area contributed by atoms with E-state index in [1.165, 1.54) is 5.56 Å². The van der Waals surface area contributed by atoms with Gasteiger partial charge in [-0.05, 0) is 42.5 Å². The summed E-state index contributed by atoms with van der Waals surface area (Å²) < 4.78 is 0. The molecule has 2 aromatic heterocycles. The van der Waals surface area contributed by atoms with Gasteiger partial charge >= 0.3 is 0 Å². The van der Waals surface area contributed by atoms with Crippen molar-refractivity contribution in [2.45, 2.75) is 38.2 Å². The number of aliphatic hydroxyl groups excluding tert-OH is 1. The van der Waals surface area contributed by atoms with E-state index in [0.717, 1.165) is 36.2 Å². The van der Waals surface area contributed by atoms with Crippen molar-refractivity contribution in [3.05, 3.63) is 59.2 Å². The lowest BCUT2D eigenvalue weighted by Gasteiger charge is -2.20. The van der Waals surface area contributed by atoms with Crippen molar-refractivity contribution in [3.8, 4) is 0 Å². The first-order valence-electron chi connectivity index (χ1n) is 6.87. The summed E-state index contributed by atoms with van der Waals surface area (Å²) in [5, 5.41) is 10.7. The van der Waals surface area contributed by atoms with Crippen LogP contribution in [0.5, 0.6) is 0 Å². The Morgan fingerprint density at radius 3 is 2.89 bits per heavy atom. The van der Waals surface area contributed by atoms with E-state index in [2.05, 4.69) is 23.0 Å². The maximum absolute atomic E-state index is 10.7. The molecule has 2 heterocycles. The third-order valence-electron chi connectivity index (χ3n) is 3.97. The highest BCUT2D eigenvalue weighted by Gasteiger charge is 2.32. The number of rotatable bonds is 3. The third kappa shape index (κ3) is 2.15. The Balaban J connectivity index is 1.95. The summed E-state index contributed by atoms with van der Waals surface area (Å²) in [6.45, 7) is 2.09. The highest BCUT2D eigenvalue weighted by molar-refractivity contribution is 5.33. The molecule has 2 aromatic rings. The topological polar surface area (TPSA) is 46.0 Å². The number of hydrogen-bond acceptors (Lipinski definition) is 3. The molecule has 3 rings (SSSR count). The van der Waals surface area contributed by atoms with E-state index in [0.29, 0.717) is 0 Å². The van der Waals surface area contributed by atoms with Crippen LogP contribution in [0.1, 0.15) is 47.9 Å². The lowest BCUT2D eigenvalue weighted by atomic mass is 9.93. The van der Waals surface area contributed by atoms with Gasteiger partial charge < -0.3 is 5.11 Å². The Hall–Kier alpha value is -1.74. The van der Waals surface area contributed by atoms with E-state index in [4.69, 9.17) is 0 Å². The van der Waals surface area contributed by atoms with Crippen LogP contribution in [0.15, 0.2) is 36.7 Å². The molecule has 0 amide bonds. The predicted molar refractivity (Wildman–Crippen MR) is 73.9 cm³/mol. The normalized spacial score (nSPS) is 19.2. The van der Waals surface area contributed by atoms with E-state index >= 15 is 0 Å². The Kier molecular flexibility index (Phi) is 3.30. The summed E-state index contributed by atoms with van der Waals surface area (Å²) in [7, 11) is 0. The molecule has 3 nitrogen and oxygen atoms in total. The van der Waals surface area contributed by atoms with Crippen molar-refractivity contribution in [1.29, 1.82) is 0 Å². The molecule has 1 aliphatic carbocycles. The van der Waals surface area contributed by atoms with E-state index in [1.807, 2.05) is 24.4 Å². The van der Waals surface area contributed by atoms with Crippen LogP contribution >= 0.6 is 0 Å². The van der Waals surface area contributed by atoms with Crippen LogP contribution in [0.25, 0.3) is 0 Å². The van der Waals surface area contributed by atoms with Crippen molar-refractivity contribution in [2.75, 3.05) is 0 Å². The molecule has 2 unspecified atom stereocenters. The summed E-state index contributed by atoms with van der Waals surface area (Å²) in [5.41, 5.74) is 4.25. The Bertz CT molecular complexity index is 582. The second kappa shape index (κ2) is 5.10. The van der Waals surface area contributed by atoms with Gasteiger partial charge in [0.05, 0.1) is 5.69 Å². The largest absolute Gasteiger partial charge is 0.386 e. The average molecular weight is 254 g/mol. The minimum atomic E-state index is -0.549. The van der Waals surface area contributed by atoms with Crippen molar-refractivity contribution < 1.29 is 5.11 Å². The van der Waals surface area contributed by atoms with Crippen LogP contribution in [-0.4, -0.2) is 15.1 Å². The van der Waals surface area contributed by atoms with Gasteiger partial charge in [-0.15, -0.1) is 0 Å². The van der Waals surface area contributed by atoms with Crippen LogP contribution in [0, 0.1) is 0 Å². The van der Waals surface area contributed by atoms with Gasteiger partial charge in [0.25, 0.3) is 0 Å². The van der Waals surface area contributed by atoms with Gasteiger partial charge in [-0.2, -0.15) is 0 Å². The number of nitrogens with zero attached hydrogens (tertiary/aromatic N) is 2. The predicted octanol–water partition coefficient (Wildman–Crippen LogP) is 2.80. The Morgan fingerprint density at radius 1 is 1.26 bits per heavy atom. The molecule has 0 saturated heterocycles. The molecule has 0 bridgehead atoms. The molecule has 1 aliphatic rings. The van der Waals surface area contributed by atoms with Crippen LogP contribution in [0.3, 0.4) is 0 Å². The standard InChI is InChI=1S/C16H18N2O/c1-2-11-5-3-10-18-15(11)16(19)13-8-7-12-6-4-9-17-14(12)13/h3-6,9-10,13,16,19H,2,7-8H2,1H3. The van der Waals surface area contributed by atoms with Gasteiger partial charge in [0.15, 0.2) is 0 Å². The number of hydrogen-bond donors (Lipinski definition) is 1. The lowest BCUT2D eigenvalue weighted by molar-refractivity contribution is 0.138. The van der Waals surface area contributed by atoms with E-state index in [9.17, 15) is 5.11 Å². The van der Waals surface area contributed by atoms with Gasteiger partial charge in [-0.3, -0.25) is 9.97 Å². The molecule has 0 saturated carbocycles. The van der Waals surface area contributed by atoms with Crippen molar-refractivity contribution in [1.82, 2.24) is 9.97 Å². The molecule has 0 radical (unpaired) electrons. The summed E-state index contributed by atoms with van der Waals surface area (Å²) >= 11 is 0. The minimum Gasteiger partial charge on any atom is -0.386 e. The first kappa shape index (κ1) is 12.3. The first-order chi connectivity index (χ1) is 9.31. The average Bonchev–Trinajstić information content (AvgIpc) is 2.90. The van der Waals surface area contributed by atoms with E-state index in [1.54, 1.807) is 6.20 Å². The Morgan fingerprint density at radius 2 is 2.05 bits per heavy atom. The van der Waals surface area contributed by atoms with Crippen molar-refractivity contribution in [2.24, 2.45) is 0 Å². The lowest BCUT2D eigenvalue weighted by Crippen LogP contribution is -2.13. The smallest absolute Gasteiger partial charge is 0.105 e. The number of aliphatic hydroxyl groups is 1. The number of pyridine rings is 2. The third-order valence-corrected chi connectivity index (χ3v) is 3.97. The quantitative estimate of drug-likeness (QED) is 0.916. The zero-order chi connectivity index (χ0) is 13.2. The van der Waals surface area contributed by atoms with Crippen LogP contribution in [-0.2, 0) is 12.8 Å². The summed E-state index contributed by atoms with van der Waals surface area (Å²) in [4.78, 5) is 8.84. The molecule has 2 atom stereocenters. The van der Waals surface area contributed by atoms with Gasteiger partial charge in [-0.1, -0.05) is 19.1 Å². The van der Waals surface area contributed by atoms with Gasteiger partial charge in [-0.25, -0.2) is 0 Å². The summed E-state index contributed by atoms with van der Waals surface area (Å²) in [6, 6.07) is 8.04. The highest BCUT2D eigenvalue weighted by atomic mass is 16.3. The van der Waals surface area contributed by atoms with Crippen molar-refractivity contribution >= 4 is 0 Å². The number of fused-ring (bicyclic) bond motifs is 1. The second-order valence-electron chi connectivity index (χ2n) is 5.04. The van der Waals surface area contributed by atoms with Crippen LogP contribution in [0.4, 0.5) is 0 Å². The molecule has 0 fully saturated rings. The number of aryl methyl sites for hydroxylation is 2. The van der Waals surface area contributed by atoms with E-state index in [-0.39, 0.29) is 5.92 Å². The molecule has 3 heteroatoms. The van der Waals surface area contributed by atoms with Crippen LogP contribution < -0.4 is 0 Å². The second-order valence-corrected chi connectivity index (χ2v) is 5.04. The monoisotopic (exact) mass is 254 g/mol.